The Morgan fingerprint density at radius 3 is 2.68 bits per heavy atom. The summed E-state index contributed by atoms with van der Waals surface area (Å²) in [6.45, 7) is 4.97. The molecule has 2 rings (SSSR count). The fraction of sp³-hybridized carbons (Fsp3) is 0.562. The van der Waals surface area contributed by atoms with E-state index in [9.17, 15) is 13.2 Å². The van der Waals surface area contributed by atoms with Gasteiger partial charge < -0.3 is 10.2 Å². The van der Waals surface area contributed by atoms with Crippen LogP contribution < -0.4 is 5.32 Å². The molecule has 6 heteroatoms. The normalized spacial score (nSPS) is 21.9. The lowest BCUT2D eigenvalue weighted by molar-refractivity contribution is 0.196. The minimum Gasteiger partial charge on any atom is -0.337 e. The molecule has 1 aliphatic rings. The summed E-state index contributed by atoms with van der Waals surface area (Å²) in [5.74, 6) is 0.319. The Balaban J connectivity index is 1.96. The Kier molecular flexibility index (Phi) is 5.11. The third kappa shape index (κ3) is 4.22. The van der Waals surface area contributed by atoms with E-state index in [0.29, 0.717) is 12.5 Å². The third-order valence-corrected chi connectivity index (χ3v) is 5.16. The van der Waals surface area contributed by atoms with Crippen LogP contribution in [0.15, 0.2) is 24.3 Å². The van der Waals surface area contributed by atoms with Gasteiger partial charge in [0.25, 0.3) is 0 Å². The average molecular weight is 324 g/mol. The Morgan fingerprint density at radius 1 is 1.36 bits per heavy atom. The molecule has 1 aliphatic heterocycles. The van der Waals surface area contributed by atoms with Crippen molar-refractivity contribution in [3.8, 4) is 0 Å². The summed E-state index contributed by atoms with van der Waals surface area (Å²) in [7, 11) is -3.05. The van der Waals surface area contributed by atoms with Gasteiger partial charge >= 0.3 is 6.03 Å². The van der Waals surface area contributed by atoms with Gasteiger partial charge in [0.2, 0.25) is 0 Å². The van der Waals surface area contributed by atoms with Crippen molar-refractivity contribution in [3.63, 3.8) is 0 Å². The summed E-state index contributed by atoms with van der Waals surface area (Å²) in [6, 6.07) is 8.25. The molecule has 0 aromatic heterocycles. The average Bonchev–Trinajstić information content (AvgIpc) is 2.79. The highest BCUT2D eigenvalue weighted by Gasteiger charge is 2.33. The summed E-state index contributed by atoms with van der Waals surface area (Å²) in [4.78, 5) is 14.0. The van der Waals surface area contributed by atoms with Crippen LogP contribution in [0.2, 0.25) is 0 Å². The second-order valence-corrected chi connectivity index (χ2v) is 8.41. The molecule has 0 unspecified atom stereocenters. The Bertz CT molecular complexity index is 643. The molecule has 2 amide bonds. The summed E-state index contributed by atoms with van der Waals surface area (Å²) in [5, 5.41) is 2.71. The fourth-order valence-electron chi connectivity index (χ4n) is 3.03. The first-order chi connectivity index (χ1) is 10.3. The van der Waals surface area contributed by atoms with Gasteiger partial charge in [-0.15, -0.1) is 0 Å². The maximum atomic E-state index is 12.2. The predicted molar refractivity (Wildman–Crippen MR) is 87.8 cm³/mol. The number of hydrogen-bond acceptors (Lipinski definition) is 3. The molecule has 2 atom stereocenters. The number of carbonyl (C=O) groups is 1. The van der Waals surface area contributed by atoms with Crippen molar-refractivity contribution in [1.82, 2.24) is 10.2 Å². The molecule has 0 saturated carbocycles. The minimum atomic E-state index is -3.05. The molecule has 0 aliphatic carbocycles. The van der Waals surface area contributed by atoms with Gasteiger partial charge in [0.1, 0.15) is 9.84 Å². The Morgan fingerprint density at radius 2 is 2.05 bits per heavy atom. The Hall–Kier alpha value is -1.56. The van der Waals surface area contributed by atoms with E-state index in [1.165, 1.54) is 17.4 Å². The van der Waals surface area contributed by atoms with Crippen LogP contribution in [0.1, 0.15) is 30.4 Å². The largest absolute Gasteiger partial charge is 0.337 e. The number of amides is 2. The minimum absolute atomic E-state index is 0.0256. The number of nitrogens with zero attached hydrogens (tertiary/aromatic N) is 1. The molecule has 0 spiro atoms. The molecular weight excluding hydrogens is 300 g/mol. The molecule has 1 fully saturated rings. The lowest BCUT2D eigenvalue weighted by Gasteiger charge is -2.22. The van der Waals surface area contributed by atoms with Crippen LogP contribution in [-0.4, -0.2) is 50.5 Å². The number of likely N-dealkylation sites (tertiary alicyclic amines) is 1. The molecule has 22 heavy (non-hydrogen) atoms. The first-order valence-electron chi connectivity index (χ1n) is 7.55. The standard InChI is InChI=1S/C16H24N2O3S/c1-12-6-4-5-7-15(12)14-10-13(2)18(11-14)16(19)17-8-9-22(3,20)21/h4-7,13-14H,8-11H2,1-3H3,(H,17,19)/t13-,14+/m0/s1. The molecule has 5 nitrogen and oxygen atoms in total. The third-order valence-electron chi connectivity index (χ3n) is 4.21. The van der Waals surface area contributed by atoms with Gasteiger partial charge in [-0.1, -0.05) is 24.3 Å². The number of hydrogen-bond donors (Lipinski definition) is 1. The van der Waals surface area contributed by atoms with Crippen LogP contribution in [0, 0.1) is 6.92 Å². The van der Waals surface area contributed by atoms with E-state index in [2.05, 4.69) is 24.4 Å². The van der Waals surface area contributed by atoms with Gasteiger partial charge in [-0.25, -0.2) is 13.2 Å². The van der Waals surface area contributed by atoms with E-state index in [1.807, 2.05) is 19.1 Å². The predicted octanol–water partition coefficient (Wildman–Crippen LogP) is 1.93. The zero-order valence-electron chi connectivity index (χ0n) is 13.4. The number of aryl methyl sites for hydroxylation is 1. The topological polar surface area (TPSA) is 66.5 Å². The molecule has 1 aromatic carbocycles. The number of rotatable bonds is 4. The highest BCUT2D eigenvalue weighted by molar-refractivity contribution is 7.90. The lowest BCUT2D eigenvalue weighted by atomic mass is 9.93. The second-order valence-electron chi connectivity index (χ2n) is 6.15. The smallest absolute Gasteiger partial charge is 0.317 e. The summed E-state index contributed by atoms with van der Waals surface area (Å²) < 4.78 is 22.2. The van der Waals surface area contributed by atoms with Crippen LogP contribution >= 0.6 is 0 Å². The van der Waals surface area contributed by atoms with Gasteiger partial charge in [0, 0.05) is 31.3 Å². The van der Waals surface area contributed by atoms with Crippen LogP contribution in [0.5, 0.6) is 0 Å². The van der Waals surface area contributed by atoms with Crippen molar-refractivity contribution in [2.24, 2.45) is 0 Å². The molecule has 122 valence electrons. The van der Waals surface area contributed by atoms with Crippen molar-refractivity contribution in [2.45, 2.75) is 32.2 Å². The number of carbonyl (C=O) groups excluding carboxylic acids is 1. The first-order valence-corrected chi connectivity index (χ1v) is 9.61. The first kappa shape index (κ1) is 16.8. The fourth-order valence-corrected chi connectivity index (χ4v) is 3.50. The number of nitrogens with one attached hydrogen (secondary N) is 1. The van der Waals surface area contributed by atoms with Crippen molar-refractivity contribution < 1.29 is 13.2 Å². The maximum Gasteiger partial charge on any atom is 0.317 e. The maximum absolute atomic E-state index is 12.2. The van der Waals surface area contributed by atoms with Gasteiger partial charge in [0.15, 0.2) is 0 Å². The number of urea groups is 1. The molecule has 0 bridgehead atoms. The molecule has 1 N–H and O–H groups in total. The van der Waals surface area contributed by atoms with Crippen molar-refractivity contribution in [1.29, 1.82) is 0 Å². The monoisotopic (exact) mass is 324 g/mol. The highest BCUT2D eigenvalue weighted by atomic mass is 32.2. The van der Waals surface area contributed by atoms with E-state index in [-0.39, 0.29) is 24.4 Å². The summed E-state index contributed by atoms with van der Waals surface area (Å²) in [6.07, 6.45) is 2.11. The van der Waals surface area contributed by atoms with Crippen LogP contribution in [0.25, 0.3) is 0 Å². The zero-order valence-corrected chi connectivity index (χ0v) is 14.2. The van der Waals surface area contributed by atoms with Crippen molar-refractivity contribution in [2.75, 3.05) is 25.1 Å². The molecule has 1 heterocycles. The van der Waals surface area contributed by atoms with Crippen LogP contribution in [0.3, 0.4) is 0 Å². The number of benzene rings is 1. The molecule has 1 saturated heterocycles. The Labute approximate surface area is 132 Å². The van der Waals surface area contributed by atoms with Gasteiger partial charge in [0.05, 0.1) is 5.75 Å². The SMILES string of the molecule is Cc1ccccc1[C@@H]1C[C@H](C)N(C(=O)NCCS(C)(=O)=O)C1. The molecule has 0 radical (unpaired) electrons. The zero-order chi connectivity index (χ0) is 16.3. The quantitative estimate of drug-likeness (QED) is 0.920. The lowest BCUT2D eigenvalue weighted by Crippen LogP contribution is -2.43. The van der Waals surface area contributed by atoms with Crippen molar-refractivity contribution >= 4 is 15.9 Å². The van der Waals surface area contributed by atoms with E-state index in [0.717, 1.165) is 6.42 Å². The van der Waals surface area contributed by atoms with Crippen LogP contribution in [0.4, 0.5) is 4.79 Å². The molecule has 1 aromatic rings. The van der Waals surface area contributed by atoms with E-state index in [4.69, 9.17) is 0 Å². The van der Waals surface area contributed by atoms with Crippen LogP contribution in [-0.2, 0) is 9.84 Å². The van der Waals surface area contributed by atoms with E-state index >= 15 is 0 Å². The second kappa shape index (κ2) is 6.69. The summed E-state index contributed by atoms with van der Waals surface area (Å²) >= 11 is 0. The molecular formula is C16H24N2O3S. The van der Waals surface area contributed by atoms with Crippen molar-refractivity contribution in [3.05, 3.63) is 35.4 Å². The van der Waals surface area contributed by atoms with Gasteiger partial charge in [-0.05, 0) is 31.4 Å². The van der Waals surface area contributed by atoms with Gasteiger partial charge in [-0.2, -0.15) is 0 Å². The van der Waals surface area contributed by atoms with Gasteiger partial charge in [-0.3, -0.25) is 0 Å². The summed E-state index contributed by atoms with van der Waals surface area (Å²) in [5.41, 5.74) is 2.54. The van der Waals surface area contributed by atoms with E-state index < -0.39 is 9.84 Å². The highest BCUT2D eigenvalue weighted by Crippen LogP contribution is 2.33. The van der Waals surface area contributed by atoms with E-state index in [1.54, 1.807) is 4.90 Å². The number of sulfone groups is 1.